The van der Waals surface area contributed by atoms with E-state index in [0.717, 1.165) is 17.0 Å². The van der Waals surface area contributed by atoms with Gasteiger partial charge in [0.15, 0.2) is 5.13 Å². The molecular weight excluding hydrogens is 354 g/mol. The number of fused-ring (bicyclic) bond motifs is 1. The Bertz CT molecular complexity index is 700. The molecule has 0 aliphatic carbocycles. The number of thiazole rings is 1. The number of hydrogen-bond acceptors (Lipinski definition) is 5. The molecule has 3 heterocycles. The molecule has 0 bridgehead atoms. The van der Waals surface area contributed by atoms with Crippen molar-refractivity contribution in [3.8, 4) is 0 Å². The third-order valence-corrected chi connectivity index (χ3v) is 5.71. The molecule has 1 aliphatic heterocycles. The first-order valence-electron chi connectivity index (χ1n) is 7.34. The summed E-state index contributed by atoms with van der Waals surface area (Å²) in [7, 11) is 0. The first-order chi connectivity index (χ1) is 11.2. The normalized spacial score (nSPS) is 13.7. The fourth-order valence-corrected chi connectivity index (χ4v) is 4.18. The number of amides is 2. The maximum absolute atomic E-state index is 12.1. The van der Waals surface area contributed by atoms with Crippen molar-refractivity contribution in [2.24, 2.45) is 0 Å². The number of nitrogens with zero attached hydrogens (tertiary/aromatic N) is 2. The van der Waals surface area contributed by atoms with Crippen molar-refractivity contribution in [1.29, 1.82) is 0 Å². The predicted molar refractivity (Wildman–Crippen MR) is 93.5 cm³/mol. The van der Waals surface area contributed by atoms with E-state index in [-0.39, 0.29) is 11.8 Å². The summed E-state index contributed by atoms with van der Waals surface area (Å²) < 4.78 is 0. The number of thiophene rings is 1. The molecule has 0 aromatic carbocycles. The van der Waals surface area contributed by atoms with Crippen LogP contribution in [0.2, 0.25) is 0 Å². The number of hydrogen-bond donors (Lipinski definition) is 1. The zero-order chi connectivity index (χ0) is 16.2. The monoisotopic (exact) mass is 369 g/mol. The van der Waals surface area contributed by atoms with Crippen LogP contribution in [0.5, 0.6) is 0 Å². The molecule has 0 atom stereocenters. The van der Waals surface area contributed by atoms with Gasteiger partial charge in [-0.2, -0.15) is 0 Å². The minimum Gasteiger partial charge on any atom is -0.337 e. The quantitative estimate of drug-likeness (QED) is 0.822. The van der Waals surface area contributed by atoms with Gasteiger partial charge in [0.1, 0.15) is 0 Å². The van der Waals surface area contributed by atoms with Gasteiger partial charge in [-0.05, 0) is 17.9 Å². The zero-order valence-corrected chi connectivity index (χ0v) is 14.8. The molecule has 5 nitrogen and oxygen atoms in total. The second kappa shape index (κ2) is 7.42. The number of aromatic nitrogens is 1. The fourth-order valence-electron chi connectivity index (χ4n) is 2.40. The van der Waals surface area contributed by atoms with Gasteiger partial charge in [-0.25, -0.2) is 4.98 Å². The highest BCUT2D eigenvalue weighted by atomic mass is 35.5. The Hall–Kier alpha value is -1.44. The number of halogens is 1. The van der Waals surface area contributed by atoms with Crippen LogP contribution in [0.4, 0.5) is 5.13 Å². The second-order valence-corrected chi connectivity index (χ2v) is 7.59. The predicted octanol–water partition coefficient (Wildman–Crippen LogP) is 3.36. The van der Waals surface area contributed by atoms with Crippen LogP contribution in [0.25, 0.3) is 0 Å². The van der Waals surface area contributed by atoms with Gasteiger partial charge in [-0.1, -0.05) is 17.4 Å². The van der Waals surface area contributed by atoms with Crippen LogP contribution in [0.1, 0.15) is 33.1 Å². The van der Waals surface area contributed by atoms with Crippen LogP contribution in [0.3, 0.4) is 0 Å². The highest BCUT2D eigenvalue weighted by Gasteiger charge is 2.24. The number of carbonyl (C=O) groups excluding carboxylic acids is 2. The number of alkyl halides is 1. The Balaban J connectivity index is 1.64. The number of rotatable bonds is 5. The standard InChI is InChI=1S/C15H16ClN3O2S2/c16-6-1-4-13(20)19-7-5-10-12(9-19)23-15(17-10)18-14(21)11-3-2-8-22-11/h2-3,8H,1,4-7,9H2,(H,17,18,21). The Labute approximate surface area is 147 Å². The van der Waals surface area contributed by atoms with E-state index in [1.807, 2.05) is 16.3 Å². The smallest absolute Gasteiger partial charge is 0.267 e. The fraction of sp³-hybridized carbons (Fsp3) is 0.400. The molecule has 0 spiro atoms. The highest BCUT2D eigenvalue weighted by Crippen LogP contribution is 2.29. The van der Waals surface area contributed by atoms with Crippen molar-refractivity contribution in [1.82, 2.24) is 9.88 Å². The second-order valence-electron chi connectivity index (χ2n) is 5.18. The van der Waals surface area contributed by atoms with Crippen molar-refractivity contribution in [3.05, 3.63) is 33.0 Å². The Kier molecular flexibility index (Phi) is 5.30. The van der Waals surface area contributed by atoms with E-state index in [1.165, 1.54) is 22.7 Å². The molecule has 0 radical (unpaired) electrons. The molecule has 1 N–H and O–H groups in total. The van der Waals surface area contributed by atoms with E-state index in [2.05, 4.69) is 10.3 Å². The molecule has 3 rings (SSSR count). The maximum Gasteiger partial charge on any atom is 0.267 e. The Morgan fingerprint density at radius 3 is 3.04 bits per heavy atom. The van der Waals surface area contributed by atoms with E-state index in [1.54, 1.807) is 6.07 Å². The van der Waals surface area contributed by atoms with Gasteiger partial charge in [-0.15, -0.1) is 22.9 Å². The van der Waals surface area contributed by atoms with E-state index in [9.17, 15) is 9.59 Å². The van der Waals surface area contributed by atoms with Crippen LogP contribution >= 0.6 is 34.3 Å². The Morgan fingerprint density at radius 2 is 2.30 bits per heavy atom. The van der Waals surface area contributed by atoms with E-state index < -0.39 is 0 Å². The molecule has 1 aliphatic rings. The summed E-state index contributed by atoms with van der Waals surface area (Å²) in [5.74, 6) is 0.500. The summed E-state index contributed by atoms with van der Waals surface area (Å²) in [4.78, 5) is 32.2. The number of carbonyl (C=O) groups is 2. The SMILES string of the molecule is O=C(Nc1nc2c(s1)CN(C(=O)CCCCl)CC2)c1cccs1. The van der Waals surface area contributed by atoms with Crippen molar-refractivity contribution < 1.29 is 9.59 Å². The topological polar surface area (TPSA) is 62.3 Å². The van der Waals surface area contributed by atoms with Crippen molar-refractivity contribution in [2.75, 3.05) is 17.7 Å². The summed E-state index contributed by atoms with van der Waals surface area (Å²) in [5, 5.41) is 5.31. The van der Waals surface area contributed by atoms with Crippen molar-refractivity contribution >= 4 is 51.2 Å². The Morgan fingerprint density at radius 1 is 1.43 bits per heavy atom. The lowest BCUT2D eigenvalue weighted by atomic mass is 10.1. The highest BCUT2D eigenvalue weighted by molar-refractivity contribution is 7.16. The molecule has 0 unspecified atom stereocenters. The summed E-state index contributed by atoms with van der Waals surface area (Å²) in [6.07, 6.45) is 1.92. The average molecular weight is 370 g/mol. The van der Waals surface area contributed by atoms with Crippen LogP contribution in [0, 0.1) is 0 Å². The molecule has 0 saturated carbocycles. The summed E-state index contributed by atoms with van der Waals surface area (Å²) in [5.41, 5.74) is 0.984. The maximum atomic E-state index is 12.1. The van der Waals surface area contributed by atoms with E-state index >= 15 is 0 Å². The van der Waals surface area contributed by atoms with Crippen LogP contribution < -0.4 is 5.32 Å². The average Bonchev–Trinajstić information content (AvgIpc) is 3.20. The van der Waals surface area contributed by atoms with Gasteiger partial charge in [0.25, 0.3) is 5.91 Å². The molecule has 2 amide bonds. The molecule has 2 aromatic heterocycles. The van der Waals surface area contributed by atoms with Crippen molar-refractivity contribution in [2.45, 2.75) is 25.8 Å². The van der Waals surface area contributed by atoms with E-state index in [0.29, 0.717) is 41.8 Å². The lowest BCUT2D eigenvalue weighted by Crippen LogP contribution is -2.35. The molecular formula is C15H16ClN3O2S2. The zero-order valence-electron chi connectivity index (χ0n) is 12.4. The first-order valence-corrected chi connectivity index (χ1v) is 9.57. The lowest BCUT2D eigenvalue weighted by molar-refractivity contribution is -0.132. The lowest BCUT2D eigenvalue weighted by Gasteiger charge is -2.26. The van der Waals surface area contributed by atoms with Gasteiger partial charge in [0.05, 0.1) is 17.1 Å². The van der Waals surface area contributed by atoms with Crippen LogP contribution in [-0.4, -0.2) is 34.1 Å². The largest absolute Gasteiger partial charge is 0.337 e. The molecule has 0 saturated heterocycles. The van der Waals surface area contributed by atoms with Gasteiger partial charge < -0.3 is 4.90 Å². The summed E-state index contributed by atoms with van der Waals surface area (Å²) >= 11 is 8.49. The van der Waals surface area contributed by atoms with Crippen LogP contribution in [0.15, 0.2) is 17.5 Å². The van der Waals surface area contributed by atoms with Crippen molar-refractivity contribution in [3.63, 3.8) is 0 Å². The van der Waals surface area contributed by atoms with Gasteiger partial charge >= 0.3 is 0 Å². The minimum absolute atomic E-state index is 0.133. The molecule has 2 aromatic rings. The van der Waals surface area contributed by atoms with Gasteiger partial charge in [-0.3, -0.25) is 14.9 Å². The van der Waals surface area contributed by atoms with Crippen LogP contribution in [-0.2, 0) is 17.8 Å². The molecule has 0 fully saturated rings. The minimum atomic E-state index is -0.138. The number of anilines is 1. The summed E-state index contributed by atoms with van der Waals surface area (Å²) in [6, 6.07) is 3.63. The van der Waals surface area contributed by atoms with Gasteiger partial charge in [0, 0.05) is 30.1 Å². The molecule has 23 heavy (non-hydrogen) atoms. The number of nitrogens with one attached hydrogen (secondary N) is 1. The van der Waals surface area contributed by atoms with E-state index in [4.69, 9.17) is 11.6 Å². The third-order valence-electron chi connectivity index (χ3n) is 3.57. The summed E-state index contributed by atoms with van der Waals surface area (Å²) in [6.45, 7) is 1.25. The molecule has 8 heteroatoms. The third kappa shape index (κ3) is 3.91. The van der Waals surface area contributed by atoms with Gasteiger partial charge in [0.2, 0.25) is 5.91 Å². The molecule has 122 valence electrons. The first kappa shape index (κ1) is 16.4.